The van der Waals surface area contributed by atoms with Gasteiger partial charge in [-0.15, -0.1) is 0 Å². The first-order chi connectivity index (χ1) is 9.40. The van der Waals surface area contributed by atoms with Gasteiger partial charge in [0.25, 0.3) is 0 Å². The highest BCUT2D eigenvalue weighted by Gasteiger charge is 2.39. The van der Waals surface area contributed by atoms with Crippen LogP contribution in [0.25, 0.3) is 0 Å². The van der Waals surface area contributed by atoms with Crippen molar-refractivity contribution in [3.8, 4) is 5.75 Å². The number of rotatable bonds is 4. The van der Waals surface area contributed by atoms with E-state index >= 15 is 0 Å². The topological polar surface area (TPSA) is 55.6 Å². The average molecular weight is 276 g/mol. The van der Waals surface area contributed by atoms with Crippen LogP contribution in [0.3, 0.4) is 0 Å². The molecule has 1 heterocycles. The van der Waals surface area contributed by atoms with E-state index in [1.807, 2.05) is 56.9 Å². The van der Waals surface area contributed by atoms with Gasteiger partial charge in [0, 0.05) is 18.5 Å². The van der Waals surface area contributed by atoms with Crippen LogP contribution in [0.4, 0.5) is 0 Å². The van der Waals surface area contributed by atoms with Gasteiger partial charge in [0.1, 0.15) is 5.75 Å². The van der Waals surface area contributed by atoms with Gasteiger partial charge in [0.05, 0.1) is 12.1 Å². The van der Waals surface area contributed by atoms with Crippen LogP contribution in [0, 0.1) is 0 Å². The van der Waals surface area contributed by atoms with Crippen LogP contribution >= 0.6 is 0 Å². The molecule has 1 aromatic rings. The SMILES string of the molecule is CC(C)Oc1cccc(C2C(N)CC(=O)N2C(C)C)c1. The molecule has 4 nitrogen and oxygen atoms in total. The Morgan fingerprint density at radius 2 is 2.00 bits per heavy atom. The van der Waals surface area contributed by atoms with Crippen LogP contribution in [0.5, 0.6) is 5.75 Å². The summed E-state index contributed by atoms with van der Waals surface area (Å²) >= 11 is 0. The van der Waals surface area contributed by atoms with E-state index in [1.165, 1.54) is 0 Å². The van der Waals surface area contributed by atoms with E-state index in [2.05, 4.69) is 0 Å². The molecular weight excluding hydrogens is 252 g/mol. The van der Waals surface area contributed by atoms with Crippen molar-refractivity contribution < 1.29 is 9.53 Å². The summed E-state index contributed by atoms with van der Waals surface area (Å²) in [7, 11) is 0. The highest BCUT2D eigenvalue weighted by molar-refractivity contribution is 5.80. The molecule has 20 heavy (non-hydrogen) atoms. The second kappa shape index (κ2) is 5.83. The van der Waals surface area contributed by atoms with Crippen LogP contribution in [-0.4, -0.2) is 29.0 Å². The molecule has 2 atom stereocenters. The molecule has 0 saturated carbocycles. The lowest BCUT2D eigenvalue weighted by Crippen LogP contribution is -2.37. The van der Waals surface area contributed by atoms with Gasteiger partial charge in [-0.05, 0) is 45.4 Å². The summed E-state index contributed by atoms with van der Waals surface area (Å²) in [4.78, 5) is 14.0. The molecule has 2 unspecified atom stereocenters. The zero-order chi connectivity index (χ0) is 14.9. The summed E-state index contributed by atoms with van der Waals surface area (Å²) in [5.41, 5.74) is 7.23. The number of carbonyl (C=O) groups excluding carboxylic acids is 1. The van der Waals surface area contributed by atoms with E-state index in [-0.39, 0.29) is 30.1 Å². The molecule has 1 aromatic carbocycles. The molecule has 0 aromatic heterocycles. The first-order valence-corrected chi connectivity index (χ1v) is 7.23. The largest absolute Gasteiger partial charge is 0.491 e. The quantitative estimate of drug-likeness (QED) is 0.919. The summed E-state index contributed by atoms with van der Waals surface area (Å²) in [5.74, 6) is 0.959. The van der Waals surface area contributed by atoms with Crippen molar-refractivity contribution in [2.45, 2.75) is 58.3 Å². The van der Waals surface area contributed by atoms with Crippen molar-refractivity contribution in [3.63, 3.8) is 0 Å². The molecule has 1 saturated heterocycles. The van der Waals surface area contributed by atoms with Crippen LogP contribution in [0.2, 0.25) is 0 Å². The molecular formula is C16H24N2O2. The highest BCUT2D eigenvalue weighted by Crippen LogP contribution is 2.35. The fraction of sp³-hybridized carbons (Fsp3) is 0.562. The van der Waals surface area contributed by atoms with Crippen molar-refractivity contribution >= 4 is 5.91 Å². The van der Waals surface area contributed by atoms with Gasteiger partial charge < -0.3 is 15.4 Å². The molecule has 110 valence electrons. The molecule has 4 heteroatoms. The van der Waals surface area contributed by atoms with Crippen molar-refractivity contribution in [1.82, 2.24) is 4.90 Å². The first-order valence-electron chi connectivity index (χ1n) is 7.23. The summed E-state index contributed by atoms with van der Waals surface area (Å²) in [6.07, 6.45) is 0.545. The Kier molecular flexibility index (Phi) is 4.33. The van der Waals surface area contributed by atoms with E-state index in [1.54, 1.807) is 0 Å². The van der Waals surface area contributed by atoms with Gasteiger partial charge in [0.15, 0.2) is 0 Å². The fourth-order valence-electron chi connectivity index (χ4n) is 2.84. The third-order valence-electron chi connectivity index (χ3n) is 3.53. The van der Waals surface area contributed by atoms with Gasteiger partial charge in [-0.2, -0.15) is 0 Å². The van der Waals surface area contributed by atoms with Crippen molar-refractivity contribution in [2.75, 3.05) is 0 Å². The third-order valence-corrected chi connectivity index (χ3v) is 3.53. The van der Waals surface area contributed by atoms with E-state index in [0.29, 0.717) is 6.42 Å². The molecule has 1 aliphatic heterocycles. The molecule has 0 bridgehead atoms. The number of nitrogens with zero attached hydrogens (tertiary/aromatic N) is 1. The first kappa shape index (κ1) is 14.9. The van der Waals surface area contributed by atoms with Crippen LogP contribution in [0.15, 0.2) is 24.3 Å². The monoisotopic (exact) mass is 276 g/mol. The normalized spacial score (nSPS) is 22.9. The van der Waals surface area contributed by atoms with Gasteiger partial charge in [0.2, 0.25) is 5.91 Å². The van der Waals surface area contributed by atoms with Crippen LogP contribution in [-0.2, 0) is 4.79 Å². The van der Waals surface area contributed by atoms with Crippen molar-refractivity contribution in [2.24, 2.45) is 5.73 Å². The number of ether oxygens (including phenoxy) is 1. The summed E-state index contributed by atoms with van der Waals surface area (Å²) in [5, 5.41) is 0. The van der Waals surface area contributed by atoms with Crippen LogP contribution in [0.1, 0.15) is 45.7 Å². The molecule has 2 N–H and O–H groups in total. The number of nitrogens with two attached hydrogens (primary N) is 1. The van der Waals surface area contributed by atoms with E-state index in [9.17, 15) is 4.79 Å². The lowest BCUT2D eigenvalue weighted by molar-refractivity contribution is -0.130. The zero-order valence-corrected chi connectivity index (χ0v) is 12.7. The van der Waals surface area contributed by atoms with E-state index < -0.39 is 0 Å². The number of hydrogen-bond acceptors (Lipinski definition) is 3. The Labute approximate surface area is 120 Å². The fourth-order valence-corrected chi connectivity index (χ4v) is 2.84. The predicted octanol–water partition coefficient (Wildman–Crippen LogP) is 2.48. The number of benzene rings is 1. The maximum Gasteiger partial charge on any atom is 0.225 e. The number of carbonyl (C=O) groups is 1. The maximum absolute atomic E-state index is 12.1. The van der Waals surface area contributed by atoms with Gasteiger partial charge in [-0.1, -0.05) is 12.1 Å². The molecule has 0 aliphatic carbocycles. The minimum Gasteiger partial charge on any atom is -0.491 e. The summed E-state index contributed by atoms with van der Waals surface area (Å²) in [6, 6.07) is 7.85. The average Bonchev–Trinajstić information content (AvgIpc) is 2.63. The minimum atomic E-state index is -0.154. The Bertz CT molecular complexity index is 485. The molecule has 2 rings (SSSR count). The van der Waals surface area contributed by atoms with Gasteiger partial charge in [-0.25, -0.2) is 0 Å². The number of hydrogen-bond donors (Lipinski definition) is 1. The molecule has 0 radical (unpaired) electrons. The predicted molar refractivity (Wildman–Crippen MR) is 79.5 cm³/mol. The minimum absolute atomic E-state index is 0.0572. The molecule has 0 spiro atoms. The Balaban J connectivity index is 2.31. The Hall–Kier alpha value is -1.55. The Morgan fingerprint density at radius 1 is 1.30 bits per heavy atom. The lowest BCUT2D eigenvalue weighted by atomic mass is 10.00. The summed E-state index contributed by atoms with van der Waals surface area (Å²) in [6.45, 7) is 8.05. The van der Waals surface area contributed by atoms with Gasteiger partial charge in [-0.3, -0.25) is 4.79 Å². The standard InChI is InChI=1S/C16H24N2O2/c1-10(2)18-15(19)9-14(17)16(18)12-6-5-7-13(8-12)20-11(3)4/h5-8,10-11,14,16H,9,17H2,1-4H3. The van der Waals surface area contributed by atoms with E-state index in [0.717, 1.165) is 11.3 Å². The smallest absolute Gasteiger partial charge is 0.225 e. The molecule has 1 amide bonds. The molecule has 1 aliphatic rings. The second-order valence-corrected chi connectivity index (χ2v) is 5.95. The lowest BCUT2D eigenvalue weighted by Gasteiger charge is -2.31. The van der Waals surface area contributed by atoms with E-state index in [4.69, 9.17) is 10.5 Å². The third kappa shape index (κ3) is 2.96. The van der Waals surface area contributed by atoms with Crippen LogP contribution < -0.4 is 10.5 Å². The Morgan fingerprint density at radius 3 is 2.60 bits per heavy atom. The maximum atomic E-state index is 12.1. The number of amides is 1. The van der Waals surface area contributed by atoms with Gasteiger partial charge >= 0.3 is 0 Å². The highest BCUT2D eigenvalue weighted by atomic mass is 16.5. The zero-order valence-electron chi connectivity index (χ0n) is 12.7. The molecule has 1 fully saturated rings. The number of likely N-dealkylation sites (tertiary alicyclic amines) is 1. The van der Waals surface area contributed by atoms with Crippen molar-refractivity contribution in [3.05, 3.63) is 29.8 Å². The second-order valence-electron chi connectivity index (χ2n) is 5.95. The van der Waals surface area contributed by atoms with Crippen molar-refractivity contribution in [1.29, 1.82) is 0 Å². The summed E-state index contributed by atoms with van der Waals surface area (Å²) < 4.78 is 5.73.